The van der Waals surface area contributed by atoms with E-state index in [9.17, 15) is 9.50 Å². The molecule has 0 aliphatic heterocycles. The standard InChI is InChI=1S/C16H11FN2O2/c1-9(20)16-12(7-19-8-13(16)17)15-5-11-4-10(6-18)2-3-14(11)21-15/h2-5,7-9,20H,1H3/t9-/m1/s1. The van der Waals surface area contributed by atoms with Crippen molar-refractivity contribution in [3.05, 3.63) is 53.6 Å². The number of aromatic nitrogens is 1. The van der Waals surface area contributed by atoms with Crippen LogP contribution in [0.15, 0.2) is 41.1 Å². The van der Waals surface area contributed by atoms with Gasteiger partial charge in [0.2, 0.25) is 0 Å². The van der Waals surface area contributed by atoms with Gasteiger partial charge >= 0.3 is 0 Å². The molecule has 0 unspecified atom stereocenters. The molecule has 1 aromatic carbocycles. The zero-order valence-electron chi connectivity index (χ0n) is 11.2. The molecule has 0 fully saturated rings. The summed E-state index contributed by atoms with van der Waals surface area (Å²) in [4.78, 5) is 3.81. The molecule has 5 heteroatoms. The van der Waals surface area contributed by atoms with Crippen LogP contribution in [-0.4, -0.2) is 10.1 Å². The predicted molar refractivity (Wildman–Crippen MR) is 74.8 cm³/mol. The van der Waals surface area contributed by atoms with Crippen LogP contribution in [0.1, 0.15) is 24.2 Å². The number of nitriles is 1. The SMILES string of the molecule is C[C@@H](O)c1c(F)cncc1-c1cc2cc(C#N)ccc2o1. The molecule has 0 radical (unpaired) electrons. The second kappa shape index (κ2) is 5.00. The maximum absolute atomic E-state index is 13.9. The van der Waals surface area contributed by atoms with Crippen molar-refractivity contribution < 1.29 is 13.9 Å². The van der Waals surface area contributed by atoms with Crippen molar-refractivity contribution in [1.82, 2.24) is 4.98 Å². The molecular formula is C16H11FN2O2. The fraction of sp³-hybridized carbons (Fsp3) is 0.125. The molecule has 1 N–H and O–H groups in total. The van der Waals surface area contributed by atoms with Crippen molar-refractivity contribution in [2.75, 3.05) is 0 Å². The Balaban J connectivity index is 2.22. The Morgan fingerprint density at radius 3 is 2.86 bits per heavy atom. The van der Waals surface area contributed by atoms with Crippen LogP contribution in [0.2, 0.25) is 0 Å². The molecular weight excluding hydrogens is 271 g/mol. The molecule has 0 bridgehead atoms. The summed E-state index contributed by atoms with van der Waals surface area (Å²) in [6.07, 6.45) is 1.53. The lowest BCUT2D eigenvalue weighted by Crippen LogP contribution is -2.00. The first kappa shape index (κ1) is 13.3. The summed E-state index contributed by atoms with van der Waals surface area (Å²) in [6.45, 7) is 1.48. The van der Waals surface area contributed by atoms with Crippen LogP contribution in [0, 0.1) is 17.1 Å². The van der Waals surface area contributed by atoms with E-state index in [1.165, 1.54) is 13.1 Å². The van der Waals surface area contributed by atoms with Gasteiger partial charge in [-0.15, -0.1) is 0 Å². The number of furan rings is 1. The molecule has 0 saturated carbocycles. The molecule has 0 aliphatic carbocycles. The van der Waals surface area contributed by atoms with E-state index in [-0.39, 0.29) is 5.56 Å². The van der Waals surface area contributed by atoms with Gasteiger partial charge in [0, 0.05) is 22.7 Å². The highest BCUT2D eigenvalue weighted by atomic mass is 19.1. The van der Waals surface area contributed by atoms with E-state index in [1.54, 1.807) is 24.3 Å². The van der Waals surface area contributed by atoms with Gasteiger partial charge in [-0.25, -0.2) is 4.39 Å². The highest BCUT2D eigenvalue weighted by Gasteiger charge is 2.18. The van der Waals surface area contributed by atoms with Crippen molar-refractivity contribution in [2.45, 2.75) is 13.0 Å². The Bertz CT molecular complexity index is 862. The number of benzene rings is 1. The third kappa shape index (κ3) is 2.26. The molecule has 1 atom stereocenters. The number of rotatable bonds is 2. The first-order valence-corrected chi connectivity index (χ1v) is 6.35. The first-order chi connectivity index (χ1) is 10.1. The van der Waals surface area contributed by atoms with Gasteiger partial charge in [-0.1, -0.05) is 0 Å². The monoisotopic (exact) mass is 282 g/mol. The van der Waals surface area contributed by atoms with Crippen molar-refractivity contribution in [3.63, 3.8) is 0 Å². The van der Waals surface area contributed by atoms with Gasteiger partial charge < -0.3 is 9.52 Å². The molecule has 4 nitrogen and oxygen atoms in total. The minimum Gasteiger partial charge on any atom is -0.456 e. The Labute approximate surface area is 120 Å². The Kier molecular flexibility index (Phi) is 3.16. The average molecular weight is 282 g/mol. The van der Waals surface area contributed by atoms with Gasteiger partial charge in [-0.05, 0) is 31.2 Å². The Hall–Kier alpha value is -2.71. The van der Waals surface area contributed by atoms with E-state index in [1.807, 2.05) is 0 Å². The molecule has 2 heterocycles. The van der Waals surface area contributed by atoms with E-state index in [0.717, 1.165) is 11.6 Å². The summed E-state index contributed by atoms with van der Waals surface area (Å²) in [6, 6.07) is 8.79. The van der Waals surface area contributed by atoms with Crippen LogP contribution in [0.5, 0.6) is 0 Å². The molecule has 0 saturated heterocycles. The minimum absolute atomic E-state index is 0.143. The summed E-state index contributed by atoms with van der Waals surface area (Å²) in [7, 11) is 0. The Morgan fingerprint density at radius 1 is 1.33 bits per heavy atom. The normalized spacial score (nSPS) is 12.3. The van der Waals surface area contributed by atoms with Crippen LogP contribution in [0.3, 0.4) is 0 Å². The lowest BCUT2D eigenvalue weighted by atomic mass is 10.0. The van der Waals surface area contributed by atoms with E-state index in [4.69, 9.17) is 9.68 Å². The van der Waals surface area contributed by atoms with Crippen molar-refractivity contribution in [1.29, 1.82) is 5.26 Å². The van der Waals surface area contributed by atoms with Crippen LogP contribution < -0.4 is 0 Å². The number of aliphatic hydroxyl groups excluding tert-OH is 1. The summed E-state index contributed by atoms with van der Waals surface area (Å²) < 4.78 is 19.5. The minimum atomic E-state index is -0.981. The van der Waals surface area contributed by atoms with E-state index >= 15 is 0 Å². The van der Waals surface area contributed by atoms with E-state index in [0.29, 0.717) is 22.5 Å². The van der Waals surface area contributed by atoms with Gasteiger partial charge in [0.05, 0.1) is 23.9 Å². The van der Waals surface area contributed by atoms with Crippen LogP contribution in [0.4, 0.5) is 4.39 Å². The van der Waals surface area contributed by atoms with Gasteiger partial charge in [-0.3, -0.25) is 4.98 Å². The zero-order chi connectivity index (χ0) is 15.0. The van der Waals surface area contributed by atoms with Crippen molar-refractivity contribution >= 4 is 11.0 Å². The molecule has 3 aromatic rings. The number of hydrogen-bond acceptors (Lipinski definition) is 4. The summed E-state index contributed by atoms with van der Waals surface area (Å²) in [5.74, 6) is -0.177. The third-order valence-corrected chi connectivity index (χ3v) is 3.27. The quantitative estimate of drug-likeness (QED) is 0.780. The summed E-state index contributed by atoms with van der Waals surface area (Å²) >= 11 is 0. The average Bonchev–Trinajstić information content (AvgIpc) is 2.89. The number of halogens is 1. The first-order valence-electron chi connectivity index (χ1n) is 6.35. The topological polar surface area (TPSA) is 70.1 Å². The van der Waals surface area contributed by atoms with Gasteiger partial charge in [0.1, 0.15) is 17.2 Å². The second-order valence-corrected chi connectivity index (χ2v) is 4.73. The smallest absolute Gasteiger partial charge is 0.148 e. The number of aliphatic hydroxyl groups is 1. The number of nitrogens with zero attached hydrogens (tertiary/aromatic N) is 2. The molecule has 3 rings (SSSR count). The van der Waals surface area contributed by atoms with Gasteiger partial charge in [0.15, 0.2) is 0 Å². The number of fused-ring (bicyclic) bond motifs is 1. The molecule has 0 aliphatic rings. The Morgan fingerprint density at radius 2 is 2.14 bits per heavy atom. The number of pyridine rings is 1. The highest BCUT2D eigenvalue weighted by molar-refractivity contribution is 5.84. The number of hydrogen-bond donors (Lipinski definition) is 1. The molecule has 104 valence electrons. The molecule has 21 heavy (non-hydrogen) atoms. The largest absolute Gasteiger partial charge is 0.456 e. The molecule has 2 aromatic heterocycles. The van der Waals surface area contributed by atoms with Crippen LogP contribution >= 0.6 is 0 Å². The van der Waals surface area contributed by atoms with Gasteiger partial charge in [0.25, 0.3) is 0 Å². The highest BCUT2D eigenvalue weighted by Crippen LogP contribution is 2.33. The summed E-state index contributed by atoms with van der Waals surface area (Å²) in [5.41, 5.74) is 1.65. The van der Waals surface area contributed by atoms with Crippen LogP contribution in [-0.2, 0) is 0 Å². The fourth-order valence-corrected chi connectivity index (χ4v) is 2.31. The summed E-state index contributed by atoms with van der Waals surface area (Å²) in [5, 5.41) is 19.4. The fourth-order valence-electron chi connectivity index (χ4n) is 2.31. The van der Waals surface area contributed by atoms with Crippen molar-refractivity contribution in [2.24, 2.45) is 0 Å². The van der Waals surface area contributed by atoms with E-state index < -0.39 is 11.9 Å². The lowest BCUT2D eigenvalue weighted by Gasteiger charge is -2.10. The van der Waals surface area contributed by atoms with E-state index in [2.05, 4.69) is 11.1 Å². The third-order valence-electron chi connectivity index (χ3n) is 3.27. The predicted octanol–water partition coefficient (Wildman–Crippen LogP) is 3.56. The zero-order valence-corrected chi connectivity index (χ0v) is 11.2. The molecule has 0 amide bonds. The molecule has 0 spiro atoms. The van der Waals surface area contributed by atoms with Gasteiger partial charge in [-0.2, -0.15) is 5.26 Å². The van der Waals surface area contributed by atoms with Crippen LogP contribution in [0.25, 0.3) is 22.3 Å². The van der Waals surface area contributed by atoms with Crippen molar-refractivity contribution in [3.8, 4) is 17.4 Å². The maximum atomic E-state index is 13.9. The maximum Gasteiger partial charge on any atom is 0.148 e. The second-order valence-electron chi connectivity index (χ2n) is 4.73. The lowest BCUT2D eigenvalue weighted by molar-refractivity contribution is 0.194.